The summed E-state index contributed by atoms with van der Waals surface area (Å²) >= 11 is 1.23. The van der Waals surface area contributed by atoms with E-state index in [0.717, 1.165) is 11.0 Å². The fraction of sp³-hybridized carbons (Fsp3) is 0.167. The normalized spacial score (nSPS) is 10.7. The average molecular weight is 302 g/mol. The number of fused-ring (bicyclic) bond motifs is 1. The third-order valence-corrected chi connectivity index (χ3v) is 3.51. The van der Waals surface area contributed by atoms with Crippen molar-refractivity contribution in [3.8, 4) is 0 Å². The van der Waals surface area contributed by atoms with Gasteiger partial charge in [-0.3, -0.25) is 9.78 Å². The fourth-order valence-electron chi connectivity index (χ4n) is 1.64. The summed E-state index contributed by atoms with van der Waals surface area (Å²) in [5, 5.41) is 12.3. The van der Waals surface area contributed by atoms with Gasteiger partial charge in [0.1, 0.15) is 11.6 Å². The number of aromatic nitrogens is 6. The van der Waals surface area contributed by atoms with Crippen LogP contribution in [0.25, 0.3) is 11.0 Å². The average Bonchev–Trinajstić information content (AvgIpc) is 2.94. The molecule has 0 aliphatic heterocycles. The van der Waals surface area contributed by atoms with E-state index in [0.29, 0.717) is 10.2 Å². The molecule has 0 spiro atoms. The standard InChI is InChI=1S/C12H10N6O2S/c1-20-11(19)7-18-12(15-16-17-18)21-10-6-13-8-4-2-3-5-9(8)14-10/h2-6H,7H2,1H3. The Hall–Kier alpha value is -2.55. The number of methoxy groups -OCH3 is 1. The molecule has 0 aliphatic rings. The second-order valence-electron chi connectivity index (χ2n) is 3.99. The molecule has 0 saturated heterocycles. The molecule has 3 aromatic rings. The molecule has 9 heteroatoms. The van der Waals surface area contributed by atoms with Gasteiger partial charge >= 0.3 is 5.97 Å². The van der Waals surface area contributed by atoms with Crippen LogP contribution in [0.3, 0.4) is 0 Å². The van der Waals surface area contributed by atoms with Crippen LogP contribution in [0.1, 0.15) is 0 Å². The van der Waals surface area contributed by atoms with Crippen molar-refractivity contribution in [3.63, 3.8) is 0 Å². The third kappa shape index (κ3) is 2.97. The SMILES string of the molecule is COC(=O)Cn1nnnc1Sc1cnc2ccccc2n1. The van der Waals surface area contributed by atoms with E-state index >= 15 is 0 Å². The lowest BCUT2D eigenvalue weighted by molar-refractivity contribution is -0.141. The minimum absolute atomic E-state index is 0.0488. The number of carbonyl (C=O) groups is 1. The number of nitrogens with zero attached hydrogens (tertiary/aromatic N) is 6. The molecule has 0 aliphatic carbocycles. The molecule has 0 bridgehead atoms. The topological polar surface area (TPSA) is 95.7 Å². The molecule has 2 aromatic heterocycles. The number of hydrogen-bond acceptors (Lipinski definition) is 8. The number of ether oxygens (including phenoxy) is 1. The van der Waals surface area contributed by atoms with Crippen LogP contribution in [-0.2, 0) is 16.1 Å². The van der Waals surface area contributed by atoms with E-state index in [1.54, 1.807) is 6.20 Å². The van der Waals surface area contributed by atoms with Crippen LogP contribution in [0.15, 0.2) is 40.6 Å². The highest BCUT2D eigenvalue weighted by Gasteiger charge is 2.13. The molecule has 0 N–H and O–H groups in total. The van der Waals surface area contributed by atoms with Gasteiger partial charge in [0.15, 0.2) is 0 Å². The Morgan fingerprint density at radius 2 is 2.14 bits per heavy atom. The predicted molar refractivity (Wildman–Crippen MR) is 73.5 cm³/mol. The molecule has 3 rings (SSSR count). The Labute approximate surface area is 123 Å². The van der Waals surface area contributed by atoms with Gasteiger partial charge in [0.05, 0.1) is 24.3 Å². The second-order valence-corrected chi connectivity index (χ2v) is 4.98. The van der Waals surface area contributed by atoms with Gasteiger partial charge in [0.25, 0.3) is 0 Å². The molecular formula is C12H10N6O2S. The lowest BCUT2D eigenvalue weighted by Gasteiger charge is -2.03. The van der Waals surface area contributed by atoms with Gasteiger partial charge in [-0.1, -0.05) is 12.1 Å². The first-order chi connectivity index (χ1) is 10.3. The van der Waals surface area contributed by atoms with E-state index in [1.165, 1.54) is 23.6 Å². The van der Waals surface area contributed by atoms with Crippen molar-refractivity contribution in [1.82, 2.24) is 30.2 Å². The molecular weight excluding hydrogens is 292 g/mol. The van der Waals surface area contributed by atoms with Crippen LogP contribution in [0.5, 0.6) is 0 Å². The van der Waals surface area contributed by atoms with Crippen molar-refractivity contribution in [2.75, 3.05) is 7.11 Å². The van der Waals surface area contributed by atoms with Gasteiger partial charge in [-0.15, -0.1) is 5.10 Å². The number of para-hydroxylation sites is 2. The number of tetrazole rings is 1. The van der Waals surface area contributed by atoms with Gasteiger partial charge in [-0.25, -0.2) is 9.67 Å². The summed E-state index contributed by atoms with van der Waals surface area (Å²) < 4.78 is 5.95. The van der Waals surface area contributed by atoms with E-state index < -0.39 is 5.97 Å². The molecule has 0 atom stereocenters. The lowest BCUT2D eigenvalue weighted by Crippen LogP contribution is -2.13. The van der Waals surface area contributed by atoms with Crippen LogP contribution in [0, 0.1) is 0 Å². The number of benzene rings is 1. The number of esters is 1. The summed E-state index contributed by atoms with van der Waals surface area (Å²) in [6.07, 6.45) is 1.64. The van der Waals surface area contributed by atoms with Crippen LogP contribution in [-0.4, -0.2) is 43.3 Å². The van der Waals surface area contributed by atoms with Crippen molar-refractivity contribution >= 4 is 28.8 Å². The molecule has 0 unspecified atom stereocenters. The first kappa shape index (κ1) is 13.4. The minimum Gasteiger partial charge on any atom is -0.468 e. The summed E-state index contributed by atoms with van der Waals surface area (Å²) in [6.45, 7) is -0.0488. The largest absolute Gasteiger partial charge is 0.468 e. The molecule has 8 nitrogen and oxygen atoms in total. The van der Waals surface area contributed by atoms with Crippen molar-refractivity contribution in [2.24, 2.45) is 0 Å². The minimum atomic E-state index is -0.422. The Kier molecular flexibility index (Phi) is 3.73. The van der Waals surface area contributed by atoms with E-state index in [1.807, 2.05) is 24.3 Å². The van der Waals surface area contributed by atoms with E-state index in [4.69, 9.17) is 0 Å². The predicted octanol–water partition coefficient (Wildman–Crippen LogP) is 0.940. The summed E-state index contributed by atoms with van der Waals surface area (Å²) in [6, 6.07) is 7.56. The summed E-state index contributed by atoms with van der Waals surface area (Å²) in [5.74, 6) is -0.422. The van der Waals surface area contributed by atoms with Gasteiger partial charge in [0.2, 0.25) is 5.16 Å². The smallest absolute Gasteiger partial charge is 0.327 e. The first-order valence-electron chi connectivity index (χ1n) is 5.99. The highest BCUT2D eigenvalue weighted by Crippen LogP contribution is 2.24. The first-order valence-corrected chi connectivity index (χ1v) is 6.80. The maximum absolute atomic E-state index is 11.3. The molecule has 2 heterocycles. The molecule has 0 amide bonds. The zero-order chi connectivity index (χ0) is 14.7. The Balaban J connectivity index is 1.85. The van der Waals surface area contributed by atoms with Crippen molar-refractivity contribution in [1.29, 1.82) is 0 Å². The van der Waals surface area contributed by atoms with Crippen LogP contribution in [0.4, 0.5) is 0 Å². The maximum Gasteiger partial charge on any atom is 0.327 e. The van der Waals surface area contributed by atoms with E-state index in [9.17, 15) is 4.79 Å². The number of rotatable bonds is 4. The van der Waals surface area contributed by atoms with Gasteiger partial charge in [-0.05, 0) is 34.3 Å². The monoisotopic (exact) mass is 302 g/mol. The summed E-state index contributed by atoms with van der Waals surface area (Å²) in [4.78, 5) is 20.1. The quantitative estimate of drug-likeness (QED) is 0.657. The molecule has 0 saturated carbocycles. The molecule has 21 heavy (non-hydrogen) atoms. The van der Waals surface area contributed by atoms with E-state index in [2.05, 4.69) is 30.2 Å². The maximum atomic E-state index is 11.3. The summed E-state index contributed by atoms with van der Waals surface area (Å²) in [5.41, 5.74) is 1.60. The molecule has 0 fully saturated rings. The Bertz CT molecular complexity index is 790. The van der Waals surface area contributed by atoms with Crippen LogP contribution < -0.4 is 0 Å². The van der Waals surface area contributed by atoms with Crippen molar-refractivity contribution in [2.45, 2.75) is 16.7 Å². The van der Waals surface area contributed by atoms with E-state index in [-0.39, 0.29) is 6.54 Å². The number of carbonyl (C=O) groups excluding carboxylic acids is 1. The van der Waals surface area contributed by atoms with Crippen molar-refractivity contribution in [3.05, 3.63) is 30.5 Å². The zero-order valence-electron chi connectivity index (χ0n) is 11.0. The van der Waals surface area contributed by atoms with Gasteiger partial charge < -0.3 is 4.74 Å². The highest BCUT2D eigenvalue weighted by molar-refractivity contribution is 7.99. The molecule has 106 valence electrons. The van der Waals surface area contributed by atoms with Crippen LogP contribution in [0.2, 0.25) is 0 Å². The van der Waals surface area contributed by atoms with Crippen LogP contribution >= 0.6 is 11.8 Å². The van der Waals surface area contributed by atoms with Gasteiger partial charge in [0, 0.05) is 0 Å². The zero-order valence-corrected chi connectivity index (χ0v) is 11.8. The number of hydrogen-bond donors (Lipinski definition) is 0. The Morgan fingerprint density at radius 3 is 2.95 bits per heavy atom. The second kappa shape index (κ2) is 5.83. The summed E-state index contributed by atoms with van der Waals surface area (Å²) in [7, 11) is 1.31. The molecule has 0 radical (unpaired) electrons. The third-order valence-electron chi connectivity index (χ3n) is 2.63. The van der Waals surface area contributed by atoms with Gasteiger partial charge in [-0.2, -0.15) is 0 Å². The molecule has 1 aromatic carbocycles. The lowest BCUT2D eigenvalue weighted by atomic mass is 10.3. The highest BCUT2D eigenvalue weighted by atomic mass is 32.2. The van der Waals surface area contributed by atoms with Crippen molar-refractivity contribution < 1.29 is 9.53 Å². The Morgan fingerprint density at radius 1 is 1.33 bits per heavy atom. The fourth-order valence-corrected chi connectivity index (χ4v) is 2.36.